The van der Waals surface area contributed by atoms with Crippen LogP contribution in [0.25, 0.3) is 11.4 Å². The van der Waals surface area contributed by atoms with Crippen LogP contribution in [0.1, 0.15) is 36.2 Å². The summed E-state index contributed by atoms with van der Waals surface area (Å²) in [7, 11) is 0. The number of hydrogen-bond donors (Lipinski definition) is 3. The van der Waals surface area contributed by atoms with Gasteiger partial charge in [-0.05, 0) is 67.8 Å². The minimum absolute atomic E-state index is 0.585. The Morgan fingerprint density at radius 3 is 2.61 bits per heavy atom. The van der Waals surface area contributed by atoms with Gasteiger partial charge in [-0.2, -0.15) is 0 Å². The molecule has 0 aliphatic rings. The van der Waals surface area contributed by atoms with Gasteiger partial charge < -0.3 is 16.4 Å². The molecule has 0 atom stereocenters. The summed E-state index contributed by atoms with van der Waals surface area (Å²) in [5.74, 6) is 0.793. The molecule has 0 saturated heterocycles. The van der Waals surface area contributed by atoms with Crippen molar-refractivity contribution in [3.63, 3.8) is 0 Å². The zero-order valence-electron chi connectivity index (χ0n) is 21.6. The van der Waals surface area contributed by atoms with Gasteiger partial charge in [-0.15, -0.1) is 0 Å². The average Bonchev–Trinajstić information content (AvgIpc) is 3.32. The molecule has 0 aliphatic heterocycles. The molecule has 3 aromatic rings. The van der Waals surface area contributed by atoms with E-state index in [1.54, 1.807) is 18.7 Å². The number of nitrogens with zero attached hydrogens (tertiary/aromatic N) is 4. The molecular weight excluding hydrogens is 446 g/mol. The quantitative estimate of drug-likeness (QED) is 0.319. The van der Waals surface area contributed by atoms with Crippen molar-refractivity contribution in [1.82, 2.24) is 24.8 Å². The van der Waals surface area contributed by atoms with E-state index in [4.69, 9.17) is 5.73 Å². The third kappa shape index (κ3) is 6.25. The fourth-order valence-electron chi connectivity index (χ4n) is 3.64. The summed E-state index contributed by atoms with van der Waals surface area (Å²) in [5, 5.41) is 6.71. The second-order valence-electron chi connectivity index (χ2n) is 8.50. The highest BCUT2D eigenvalue weighted by atomic mass is 15.1. The molecule has 186 valence electrons. The maximum Gasteiger partial charge on any atom is 0.142 e. The van der Waals surface area contributed by atoms with Gasteiger partial charge in [-0.3, -0.25) is 9.55 Å². The minimum Gasteiger partial charge on any atom is -0.398 e. The van der Waals surface area contributed by atoms with E-state index >= 15 is 0 Å². The van der Waals surface area contributed by atoms with E-state index in [0.29, 0.717) is 17.0 Å². The third-order valence-electron chi connectivity index (χ3n) is 5.79. The standard InChI is InChI=1S/C29H35N7/c1-8-27(30)26(12-19(3)25-13-24(14-31-9-2)15-32-16-25)21(5)23(7)35-28-10-11-33-29(22(28)6)36-17-20(4)34-18-36/h8,10-13,15-18,31H,3,5,7,9,14,30H2,1-2,4,6H3,(H,33,35)/b26-12-,27-8+. The minimum atomic E-state index is 0.585. The van der Waals surface area contributed by atoms with Crippen LogP contribution in [0.4, 0.5) is 5.69 Å². The Balaban J connectivity index is 1.86. The Kier molecular flexibility index (Phi) is 8.76. The Morgan fingerprint density at radius 2 is 1.94 bits per heavy atom. The summed E-state index contributed by atoms with van der Waals surface area (Å²) in [4.78, 5) is 13.2. The number of pyridine rings is 2. The van der Waals surface area contributed by atoms with Crippen molar-refractivity contribution >= 4 is 11.3 Å². The highest BCUT2D eigenvalue weighted by Crippen LogP contribution is 2.28. The fourth-order valence-corrected chi connectivity index (χ4v) is 3.64. The molecule has 3 rings (SSSR count). The lowest BCUT2D eigenvalue weighted by atomic mass is 9.96. The Bertz CT molecular complexity index is 1340. The first kappa shape index (κ1) is 26.4. The van der Waals surface area contributed by atoms with E-state index < -0.39 is 0 Å². The number of allylic oxidation sites excluding steroid dienone is 5. The van der Waals surface area contributed by atoms with E-state index in [2.05, 4.69) is 58.3 Å². The highest BCUT2D eigenvalue weighted by Gasteiger charge is 2.14. The summed E-state index contributed by atoms with van der Waals surface area (Å²) in [5.41, 5.74) is 14.5. The van der Waals surface area contributed by atoms with Crippen molar-refractivity contribution in [2.45, 2.75) is 34.2 Å². The number of aromatic nitrogens is 4. The van der Waals surface area contributed by atoms with E-state index in [9.17, 15) is 0 Å². The van der Waals surface area contributed by atoms with Crippen LogP contribution in [0.15, 0.2) is 97.7 Å². The third-order valence-corrected chi connectivity index (χ3v) is 5.79. The molecule has 0 bridgehead atoms. The number of aryl methyl sites for hydroxylation is 1. The lowest BCUT2D eigenvalue weighted by Gasteiger charge is -2.19. The van der Waals surface area contributed by atoms with Gasteiger partial charge in [0.25, 0.3) is 0 Å². The molecule has 0 aromatic carbocycles. The topological polar surface area (TPSA) is 93.7 Å². The molecule has 0 saturated carbocycles. The summed E-state index contributed by atoms with van der Waals surface area (Å²) in [6, 6.07) is 3.98. The summed E-state index contributed by atoms with van der Waals surface area (Å²) >= 11 is 0. The van der Waals surface area contributed by atoms with Crippen LogP contribution < -0.4 is 16.4 Å². The van der Waals surface area contributed by atoms with Gasteiger partial charge in [-0.1, -0.05) is 32.7 Å². The number of nitrogens with one attached hydrogen (secondary N) is 2. The van der Waals surface area contributed by atoms with E-state index in [1.807, 2.05) is 56.0 Å². The first-order valence-electron chi connectivity index (χ1n) is 11.8. The monoisotopic (exact) mass is 481 g/mol. The smallest absolute Gasteiger partial charge is 0.142 e. The maximum atomic E-state index is 6.38. The van der Waals surface area contributed by atoms with Crippen molar-refractivity contribution in [3.05, 3.63) is 120 Å². The van der Waals surface area contributed by atoms with Gasteiger partial charge in [0, 0.05) is 59.6 Å². The average molecular weight is 482 g/mol. The largest absolute Gasteiger partial charge is 0.398 e. The molecule has 0 radical (unpaired) electrons. The number of nitrogens with two attached hydrogens (primary N) is 1. The van der Waals surface area contributed by atoms with Crippen molar-refractivity contribution in [1.29, 1.82) is 0 Å². The van der Waals surface area contributed by atoms with Crippen LogP contribution in [-0.2, 0) is 6.54 Å². The lowest BCUT2D eigenvalue weighted by molar-refractivity contribution is 0.724. The van der Waals surface area contributed by atoms with Crippen molar-refractivity contribution < 1.29 is 0 Å². The maximum absolute atomic E-state index is 6.38. The van der Waals surface area contributed by atoms with Gasteiger partial charge in [0.1, 0.15) is 12.1 Å². The molecule has 36 heavy (non-hydrogen) atoms. The van der Waals surface area contributed by atoms with E-state index in [0.717, 1.165) is 58.1 Å². The first-order valence-corrected chi connectivity index (χ1v) is 11.8. The predicted octanol–water partition coefficient (Wildman–Crippen LogP) is 5.37. The summed E-state index contributed by atoms with van der Waals surface area (Å²) < 4.78 is 1.90. The zero-order valence-corrected chi connectivity index (χ0v) is 21.6. The summed E-state index contributed by atoms with van der Waals surface area (Å²) in [6.45, 7) is 22.3. The Morgan fingerprint density at radius 1 is 1.17 bits per heavy atom. The molecule has 0 aliphatic carbocycles. The second-order valence-corrected chi connectivity index (χ2v) is 8.50. The molecule has 0 fully saturated rings. The van der Waals surface area contributed by atoms with Gasteiger partial charge in [0.2, 0.25) is 0 Å². The number of imidazole rings is 1. The van der Waals surface area contributed by atoms with Crippen molar-refractivity contribution in [2.24, 2.45) is 5.73 Å². The fraction of sp³-hybridized carbons (Fsp3) is 0.207. The summed E-state index contributed by atoms with van der Waals surface area (Å²) in [6.07, 6.45) is 12.9. The van der Waals surface area contributed by atoms with E-state index in [-0.39, 0.29) is 0 Å². The molecule has 0 amide bonds. The van der Waals surface area contributed by atoms with Crippen LogP contribution in [0, 0.1) is 13.8 Å². The number of anilines is 1. The van der Waals surface area contributed by atoms with Crippen LogP contribution in [0.3, 0.4) is 0 Å². The van der Waals surface area contributed by atoms with Crippen molar-refractivity contribution in [3.8, 4) is 5.82 Å². The molecule has 0 spiro atoms. The molecule has 7 heteroatoms. The van der Waals surface area contributed by atoms with Crippen LogP contribution in [0.2, 0.25) is 0 Å². The van der Waals surface area contributed by atoms with Gasteiger partial charge in [0.15, 0.2) is 0 Å². The molecular formula is C29H35N7. The van der Waals surface area contributed by atoms with Gasteiger partial charge in [-0.25, -0.2) is 9.97 Å². The van der Waals surface area contributed by atoms with Gasteiger partial charge in [0.05, 0.1) is 5.69 Å². The number of hydrogen-bond acceptors (Lipinski definition) is 6. The zero-order chi connectivity index (χ0) is 26.2. The van der Waals surface area contributed by atoms with Gasteiger partial charge >= 0.3 is 0 Å². The van der Waals surface area contributed by atoms with Crippen LogP contribution in [-0.4, -0.2) is 26.1 Å². The molecule has 0 unspecified atom stereocenters. The first-order chi connectivity index (χ1) is 17.2. The van der Waals surface area contributed by atoms with Crippen LogP contribution >= 0.6 is 0 Å². The number of rotatable bonds is 11. The van der Waals surface area contributed by atoms with Crippen molar-refractivity contribution in [2.75, 3.05) is 11.9 Å². The SMILES string of the molecule is C=C(Nc1ccnc(-n2cnc(C)c2)c1C)C(=C)C(=C/C(=C)c1cncc(CNCC)c1)/C(N)=C\C. The molecule has 4 N–H and O–H groups in total. The highest BCUT2D eigenvalue weighted by molar-refractivity contribution is 5.76. The van der Waals surface area contributed by atoms with Crippen LogP contribution in [0.5, 0.6) is 0 Å². The predicted molar refractivity (Wildman–Crippen MR) is 149 cm³/mol. The van der Waals surface area contributed by atoms with E-state index in [1.165, 1.54) is 0 Å². The Hall–Kier alpha value is -4.23. The normalized spacial score (nSPS) is 11.9. The molecule has 3 aromatic heterocycles. The molecule has 7 nitrogen and oxygen atoms in total. The second kappa shape index (κ2) is 12.0. The lowest BCUT2D eigenvalue weighted by Crippen LogP contribution is -2.12. The molecule has 3 heterocycles. The Labute approximate surface area is 213 Å².